The number of unbranched alkanes of at least 4 members (excludes halogenated alkanes) is 20. The van der Waals surface area contributed by atoms with Crippen LogP contribution in [0.1, 0.15) is 194 Å². The summed E-state index contributed by atoms with van der Waals surface area (Å²) in [6.45, 7) is 7.04. The molecule has 6 heteroatoms. The van der Waals surface area contributed by atoms with Gasteiger partial charge in [0.1, 0.15) is 6.79 Å². The van der Waals surface area contributed by atoms with Crippen molar-refractivity contribution in [2.45, 2.75) is 205 Å². The molecule has 1 fully saturated rings. The first kappa shape index (κ1) is 42.1. The molecule has 1 rings (SSSR count). The van der Waals surface area contributed by atoms with Crippen LogP contribution in [0.3, 0.4) is 0 Å². The fraction of sp³-hybridized carbons (Fsp3) is 0.974. The van der Waals surface area contributed by atoms with Crippen LogP contribution >= 0.6 is 11.8 Å². The van der Waals surface area contributed by atoms with Crippen LogP contribution in [-0.4, -0.2) is 58.2 Å². The normalized spacial score (nSPS) is 18.5. The van der Waals surface area contributed by atoms with E-state index in [0.29, 0.717) is 18.0 Å². The first-order valence-corrected chi connectivity index (χ1v) is 22.1. The monoisotopic (exact) mass is 656 g/mol. The van der Waals surface area contributed by atoms with Crippen molar-refractivity contribution >= 4 is 26.6 Å². The minimum absolute atomic E-state index is 0.205. The minimum Gasteiger partial charge on any atom is -0.355 e. The molecule has 4 nitrogen and oxygen atoms in total. The number of hydrogen-bond donors (Lipinski definition) is 0. The van der Waals surface area contributed by atoms with E-state index in [2.05, 4.69) is 25.5 Å². The summed E-state index contributed by atoms with van der Waals surface area (Å²) in [4.78, 5) is 12.3. The zero-order valence-electron chi connectivity index (χ0n) is 30.1. The molecule has 2 unspecified atom stereocenters. The second kappa shape index (κ2) is 33.0. The lowest BCUT2D eigenvalue weighted by molar-refractivity contribution is -0.111. The molecule has 0 bridgehead atoms. The quantitative estimate of drug-likeness (QED) is 0.0422. The van der Waals surface area contributed by atoms with Crippen molar-refractivity contribution in [2.24, 2.45) is 0 Å². The van der Waals surface area contributed by atoms with Gasteiger partial charge in [0.2, 0.25) is 0 Å². The van der Waals surface area contributed by atoms with E-state index in [1.807, 2.05) is 0 Å². The van der Waals surface area contributed by atoms with Gasteiger partial charge in [0, 0.05) is 18.8 Å². The van der Waals surface area contributed by atoms with Crippen molar-refractivity contribution in [3.8, 4) is 0 Å². The van der Waals surface area contributed by atoms with Crippen LogP contribution in [-0.2, 0) is 14.3 Å². The van der Waals surface area contributed by atoms with Gasteiger partial charge >= 0.3 is 0 Å². The summed E-state index contributed by atoms with van der Waals surface area (Å²) < 4.78 is 14.7. The van der Waals surface area contributed by atoms with E-state index < -0.39 is 0 Å². The van der Waals surface area contributed by atoms with Gasteiger partial charge in [0.15, 0.2) is 5.12 Å². The Morgan fingerprint density at radius 2 is 1.20 bits per heavy atom. The lowest BCUT2D eigenvalue weighted by Crippen LogP contribution is -2.34. The van der Waals surface area contributed by atoms with Crippen LogP contribution < -0.4 is 0 Å². The van der Waals surface area contributed by atoms with Gasteiger partial charge in [-0.15, -0.1) is 0 Å². The van der Waals surface area contributed by atoms with Crippen LogP contribution in [0.25, 0.3) is 0 Å². The van der Waals surface area contributed by atoms with E-state index in [-0.39, 0.29) is 9.68 Å². The second-order valence-electron chi connectivity index (χ2n) is 14.0. The highest BCUT2D eigenvalue weighted by molar-refractivity contribution is 8.13. The number of carbonyl (C=O) groups is 1. The highest BCUT2D eigenvalue weighted by atomic mass is 32.2. The van der Waals surface area contributed by atoms with Crippen molar-refractivity contribution < 1.29 is 14.3 Å². The lowest BCUT2D eigenvalue weighted by atomic mass is 10.0. The number of rotatable bonds is 31. The third-order valence-electron chi connectivity index (χ3n) is 9.58. The summed E-state index contributed by atoms with van der Waals surface area (Å²) in [5, 5.41) is 0.423. The summed E-state index contributed by atoms with van der Waals surface area (Å²) in [5.41, 5.74) is 0.853. The molecule has 0 aromatic heterocycles. The highest BCUT2D eigenvalue weighted by Crippen LogP contribution is 2.26. The molecule has 2 atom stereocenters. The van der Waals surface area contributed by atoms with Gasteiger partial charge in [0.05, 0.1) is 15.8 Å². The Kier molecular flexibility index (Phi) is 31.6. The van der Waals surface area contributed by atoms with Gasteiger partial charge in [-0.1, -0.05) is 160 Å². The number of nitrogens with zero attached hydrogens (tertiary/aromatic N) is 1. The lowest BCUT2D eigenvalue weighted by Gasteiger charge is -2.30. The molecule has 0 aromatic carbocycles. The Bertz CT molecular complexity index is 611. The standard InChI is InChI=1S/C38H77NO3SSi/c1-4-6-8-10-12-14-15-16-17-19-21-23-25-33-41-35-42-36-29-30-37(44-39(3)32-31-36)27-26-34-43-38(40)28-24-22-20-18-13-11-9-7-5-2/h36-37H,4-35,44H2,1-3H3. The molecule has 262 valence electrons. The summed E-state index contributed by atoms with van der Waals surface area (Å²) in [6.07, 6.45) is 37.1. The van der Waals surface area contributed by atoms with Gasteiger partial charge in [-0.2, -0.15) is 0 Å². The maximum Gasteiger partial charge on any atom is 0.188 e. The molecule has 1 aliphatic rings. The van der Waals surface area contributed by atoms with Crippen molar-refractivity contribution in [3.63, 3.8) is 0 Å². The summed E-state index contributed by atoms with van der Waals surface area (Å²) in [5.74, 6) is 1.01. The second-order valence-corrected chi connectivity index (χ2v) is 17.7. The minimum atomic E-state index is -0.205. The Balaban J connectivity index is 1.96. The Morgan fingerprint density at radius 3 is 1.77 bits per heavy atom. The van der Waals surface area contributed by atoms with E-state index in [1.54, 1.807) is 11.8 Å². The van der Waals surface area contributed by atoms with Crippen molar-refractivity contribution in [1.29, 1.82) is 0 Å². The molecule has 0 aromatic rings. The molecule has 44 heavy (non-hydrogen) atoms. The predicted octanol–water partition coefficient (Wildman–Crippen LogP) is 11.4. The van der Waals surface area contributed by atoms with Crippen LogP contribution in [0.5, 0.6) is 0 Å². The van der Waals surface area contributed by atoms with Gasteiger partial charge in [-0.3, -0.25) is 4.79 Å². The number of ether oxygens (including phenoxy) is 2. The highest BCUT2D eigenvalue weighted by Gasteiger charge is 2.21. The maximum atomic E-state index is 12.3. The topological polar surface area (TPSA) is 38.8 Å². The Hall–Kier alpha value is 0.117. The molecule has 0 spiro atoms. The number of carbonyl (C=O) groups excluding carboxylic acids is 1. The fourth-order valence-corrected chi connectivity index (χ4v) is 9.55. The molecule has 0 aliphatic carbocycles. The molecule has 1 saturated heterocycles. The molecule has 0 radical (unpaired) electrons. The first-order chi connectivity index (χ1) is 21.7. The zero-order valence-corrected chi connectivity index (χ0v) is 32.3. The average Bonchev–Trinajstić information content (AvgIpc) is 3.01. The SMILES string of the molecule is CCCCCCCCCCCCCCCOCOC1CCC(CCCSC(=O)CCCCCCCCCCC)[SiH2]N(C)CC1. The zero-order chi connectivity index (χ0) is 31.8. The maximum absolute atomic E-state index is 12.3. The molecule has 0 N–H and O–H groups in total. The Morgan fingerprint density at radius 1 is 0.682 bits per heavy atom. The van der Waals surface area contributed by atoms with E-state index >= 15 is 0 Å². The molecular formula is C38H77NO3SSi. The van der Waals surface area contributed by atoms with Crippen LogP contribution in [0.4, 0.5) is 0 Å². The van der Waals surface area contributed by atoms with Crippen molar-refractivity contribution in [2.75, 3.05) is 32.7 Å². The largest absolute Gasteiger partial charge is 0.355 e. The van der Waals surface area contributed by atoms with Crippen LogP contribution in [0, 0.1) is 0 Å². The van der Waals surface area contributed by atoms with Crippen LogP contribution in [0.2, 0.25) is 5.54 Å². The van der Waals surface area contributed by atoms with Gasteiger partial charge in [-0.05, 0) is 57.7 Å². The third kappa shape index (κ3) is 28.3. The predicted molar refractivity (Wildman–Crippen MR) is 199 cm³/mol. The average molecular weight is 656 g/mol. The van der Waals surface area contributed by atoms with Gasteiger partial charge in [-0.25, -0.2) is 0 Å². The van der Waals surface area contributed by atoms with E-state index in [1.165, 1.54) is 161 Å². The Labute approximate surface area is 282 Å². The van der Waals surface area contributed by atoms with Gasteiger partial charge in [0.25, 0.3) is 0 Å². The molecule has 0 amide bonds. The summed E-state index contributed by atoms with van der Waals surface area (Å²) in [7, 11) is 2.11. The first-order valence-electron chi connectivity index (χ1n) is 19.7. The van der Waals surface area contributed by atoms with Crippen molar-refractivity contribution in [3.05, 3.63) is 0 Å². The van der Waals surface area contributed by atoms with Crippen LogP contribution in [0.15, 0.2) is 0 Å². The summed E-state index contributed by atoms with van der Waals surface area (Å²) >= 11 is 1.60. The van der Waals surface area contributed by atoms with E-state index in [4.69, 9.17) is 9.47 Å². The number of thioether (sulfide) groups is 1. The van der Waals surface area contributed by atoms with E-state index in [0.717, 1.165) is 43.7 Å². The molecule has 1 heterocycles. The smallest absolute Gasteiger partial charge is 0.188 e. The van der Waals surface area contributed by atoms with Gasteiger partial charge < -0.3 is 14.0 Å². The van der Waals surface area contributed by atoms with Crippen molar-refractivity contribution in [1.82, 2.24) is 4.57 Å². The molecule has 1 aliphatic heterocycles. The molecule has 0 saturated carbocycles. The third-order valence-corrected chi connectivity index (χ3v) is 12.9. The molecular weight excluding hydrogens is 579 g/mol. The number of hydrogen-bond acceptors (Lipinski definition) is 5. The fourth-order valence-electron chi connectivity index (χ4n) is 6.59. The van der Waals surface area contributed by atoms with E-state index in [9.17, 15) is 4.79 Å². The summed E-state index contributed by atoms with van der Waals surface area (Å²) in [6, 6.07) is 0.